The Morgan fingerprint density at radius 3 is 2.45 bits per heavy atom. The Labute approximate surface area is 186 Å². The molecule has 1 aromatic rings. The number of nitrogens with zero attached hydrogens (tertiary/aromatic N) is 1. The van der Waals surface area contributed by atoms with E-state index in [1.165, 1.54) is 16.7 Å². The van der Waals surface area contributed by atoms with Gasteiger partial charge in [-0.25, -0.2) is 0 Å². The third-order valence-corrected chi connectivity index (χ3v) is 8.84. The highest BCUT2D eigenvalue weighted by Gasteiger charge is 2.41. The van der Waals surface area contributed by atoms with Crippen LogP contribution in [0.4, 0.5) is 0 Å². The summed E-state index contributed by atoms with van der Waals surface area (Å²) in [6, 6.07) is 6.98. The van der Waals surface area contributed by atoms with Crippen molar-refractivity contribution in [3.63, 3.8) is 0 Å². The smallest absolute Gasteiger partial charge is 0.277 e. The minimum atomic E-state index is -3.43. The van der Waals surface area contributed by atoms with E-state index in [1.807, 2.05) is 0 Å². The number of hydrogen-bond donors (Lipinski definition) is 2. The normalized spacial score (nSPS) is 29.6. The molecule has 4 aliphatic rings. The van der Waals surface area contributed by atoms with Gasteiger partial charge in [0.15, 0.2) is 0 Å². The molecule has 0 spiro atoms. The number of rotatable bonds is 7. The van der Waals surface area contributed by atoms with Crippen LogP contribution >= 0.6 is 0 Å². The number of hydrogen-bond acceptors (Lipinski definition) is 4. The molecule has 31 heavy (non-hydrogen) atoms. The molecule has 3 aliphatic carbocycles. The van der Waals surface area contributed by atoms with Crippen molar-refractivity contribution in [2.24, 2.45) is 11.8 Å². The van der Waals surface area contributed by atoms with Gasteiger partial charge in [-0.1, -0.05) is 36.8 Å². The molecule has 5 rings (SSSR count). The van der Waals surface area contributed by atoms with Gasteiger partial charge in [0.1, 0.15) is 0 Å². The number of benzene rings is 1. The third kappa shape index (κ3) is 5.22. The Morgan fingerprint density at radius 2 is 1.74 bits per heavy atom. The molecule has 6 nitrogen and oxygen atoms in total. The van der Waals surface area contributed by atoms with Crippen LogP contribution in [0.1, 0.15) is 48.8 Å². The Kier molecular flexibility index (Phi) is 6.49. The summed E-state index contributed by atoms with van der Waals surface area (Å²) in [5.41, 5.74) is 4.04. The average molecular weight is 446 g/mol. The van der Waals surface area contributed by atoms with E-state index in [2.05, 4.69) is 44.7 Å². The van der Waals surface area contributed by atoms with Crippen molar-refractivity contribution >= 4 is 16.3 Å². The molecular formula is C24H35N3O3S. The lowest BCUT2D eigenvalue weighted by Gasteiger charge is -2.29. The first kappa shape index (κ1) is 21.6. The second-order valence-corrected chi connectivity index (χ2v) is 11.2. The fourth-order valence-corrected chi connectivity index (χ4v) is 7.09. The fourth-order valence-electron chi connectivity index (χ4n) is 5.61. The highest BCUT2D eigenvalue weighted by atomic mass is 32.2. The van der Waals surface area contributed by atoms with Gasteiger partial charge in [-0.3, -0.25) is 4.90 Å². The molecule has 2 saturated carbocycles. The van der Waals surface area contributed by atoms with Crippen LogP contribution in [0, 0.1) is 11.8 Å². The third-order valence-electron chi connectivity index (χ3n) is 7.61. The maximum atomic E-state index is 12.7. The standard InChI is InChI=1S/C24H35N3O3S/c28-31(29,25-23-4-1-5-23)26-24-20-8-9-21(24)17-22-15-18(6-7-19(22)16-20)3-2-10-27-11-13-30-14-12-27/h2-3,6-7,15,20-21,23-26H,1,4-5,8-14,16-17H2/b3-2+. The van der Waals surface area contributed by atoms with E-state index in [0.29, 0.717) is 11.8 Å². The molecular weight excluding hydrogens is 410 g/mol. The second kappa shape index (κ2) is 9.32. The maximum absolute atomic E-state index is 12.7. The molecule has 3 fully saturated rings. The number of fused-ring (bicyclic) bond motifs is 3. The topological polar surface area (TPSA) is 70.7 Å². The van der Waals surface area contributed by atoms with Crippen LogP contribution in [0.5, 0.6) is 0 Å². The van der Waals surface area contributed by atoms with Gasteiger partial charge >= 0.3 is 0 Å². The lowest BCUT2D eigenvalue weighted by Crippen LogP contribution is -2.51. The molecule has 170 valence electrons. The van der Waals surface area contributed by atoms with Crippen LogP contribution < -0.4 is 9.44 Å². The molecule has 1 heterocycles. The lowest BCUT2D eigenvalue weighted by molar-refractivity contribution is 0.0435. The van der Waals surface area contributed by atoms with Gasteiger partial charge in [-0.15, -0.1) is 0 Å². The predicted octanol–water partition coefficient (Wildman–Crippen LogP) is 2.50. The summed E-state index contributed by atoms with van der Waals surface area (Å²) in [5, 5.41) is 0. The lowest BCUT2D eigenvalue weighted by atomic mass is 9.92. The number of ether oxygens (including phenoxy) is 1. The number of nitrogens with one attached hydrogen (secondary N) is 2. The van der Waals surface area contributed by atoms with E-state index >= 15 is 0 Å². The Balaban J connectivity index is 1.24. The Bertz CT molecular complexity index is 907. The summed E-state index contributed by atoms with van der Waals surface area (Å²) in [5.74, 6) is 0.781. The molecule has 2 bridgehead atoms. The van der Waals surface area contributed by atoms with Crippen LogP contribution in [0.3, 0.4) is 0 Å². The van der Waals surface area contributed by atoms with Crippen molar-refractivity contribution in [1.82, 2.24) is 14.3 Å². The van der Waals surface area contributed by atoms with Gasteiger partial charge in [0.25, 0.3) is 10.2 Å². The van der Waals surface area contributed by atoms with Crippen LogP contribution in [0.15, 0.2) is 24.3 Å². The van der Waals surface area contributed by atoms with E-state index in [1.54, 1.807) is 0 Å². The molecule has 1 aliphatic heterocycles. The van der Waals surface area contributed by atoms with Crippen LogP contribution in [-0.4, -0.2) is 58.2 Å². The minimum Gasteiger partial charge on any atom is -0.379 e. The van der Waals surface area contributed by atoms with Gasteiger partial charge in [-0.05, 0) is 67.1 Å². The molecule has 0 radical (unpaired) electrons. The van der Waals surface area contributed by atoms with Crippen molar-refractivity contribution in [3.05, 3.63) is 41.0 Å². The van der Waals surface area contributed by atoms with Gasteiger partial charge in [0.2, 0.25) is 0 Å². The molecule has 7 heteroatoms. The predicted molar refractivity (Wildman–Crippen MR) is 123 cm³/mol. The molecule has 1 aromatic carbocycles. The van der Waals surface area contributed by atoms with E-state index in [-0.39, 0.29) is 12.1 Å². The van der Waals surface area contributed by atoms with Crippen molar-refractivity contribution in [2.75, 3.05) is 32.8 Å². The monoisotopic (exact) mass is 445 g/mol. The summed E-state index contributed by atoms with van der Waals surface area (Å²) in [7, 11) is -3.43. The molecule has 1 saturated heterocycles. The molecule has 0 aromatic heterocycles. The van der Waals surface area contributed by atoms with E-state index in [9.17, 15) is 8.42 Å². The van der Waals surface area contributed by atoms with Gasteiger partial charge in [-0.2, -0.15) is 17.9 Å². The van der Waals surface area contributed by atoms with E-state index < -0.39 is 10.2 Å². The summed E-state index contributed by atoms with van der Waals surface area (Å²) in [6.45, 7) is 4.63. The van der Waals surface area contributed by atoms with Crippen molar-refractivity contribution < 1.29 is 13.2 Å². The van der Waals surface area contributed by atoms with Crippen molar-refractivity contribution in [2.45, 2.75) is 57.0 Å². The summed E-state index contributed by atoms with van der Waals surface area (Å²) >= 11 is 0. The van der Waals surface area contributed by atoms with Crippen molar-refractivity contribution in [3.8, 4) is 0 Å². The summed E-state index contributed by atoms with van der Waals surface area (Å²) in [6.07, 6.45) is 11.7. The van der Waals surface area contributed by atoms with Gasteiger partial charge in [0.05, 0.1) is 13.2 Å². The Morgan fingerprint density at radius 1 is 1.00 bits per heavy atom. The first-order valence-electron chi connectivity index (χ1n) is 11.9. The zero-order valence-electron chi connectivity index (χ0n) is 18.3. The number of morpholine rings is 1. The zero-order valence-corrected chi connectivity index (χ0v) is 19.1. The van der Waals surface area contributed by atoms with Gasteiger partial charge < -0.3 is 4.74 Å². The first-order valence-corrected chi connectivity index (χ1v) is 13.4. The van der Waals surface area contributed by atoms with Crippen LogP contribution in [0.2, 0.25) is 0 Å². The summed E-state index contributed by atoms with van der Waals surface area (Å²) in [4.78, 5) is 2.41. The highest BCUT2D eigenvalue weighted by molar-refractivity contribution is 7.87. The maximum Gasteiger partial charge on any atom is 0.277 e. The van der Waals surface area contributed by atoms with Crippen LogP contribution in [0.25, 0.3) is 6.08 Å². The fraction of sp³-hybridized carbons (Fsp3) is 0.667. The molecule has 3 atom stereocenters. The van der Waals surface area contributed by atoms with Gasteiger partial charge in [0, 0.05) is 31.7 Å². The van der Waals surface area contributed by atoms with Crippen molar-refractivity contribution in [1.29, 1.82) is 0 Å². The molecule has 3 unspecified atom stereocenters. The molecule has 0 amide bonds. The van der Waals surface area contributed by atoms with Crippen LogP contribution in [-0.2, 0) is 27.8 Å². The second-order valence-electron chi connectivity index (χ2n) is 9.74. The Hall–Kier alpha value is -1.25. The SMILES string of the molecule is O=S(=O)(NC1CCC1)NC1C2CCC1Cc1cc(/C=C/CN3CCOCC3)ccc1C2. The van der Waals surface area contributed by atoms with E-state index in [0.717, 1.165) is 77.8 Å². The summed E-state index contributed by atoms with van der Waals surface area (Å²) < 4.78 is 36.6. The highest BCUT2D eigenvalue weighted by Crippen LogP contribution is 2.40. The quantitative estimate of drug-likeness (QED) is 0.677. The largest absolute Gasteiger partial charge is 0.379 e. The zero-order chi connectivity index (χ0) is 21.3. The first-order chi connectivity index (χ1) is 15.1. The molecule has 2 N–H and O–H groups in total. The van der Waals surface area contributed by atoms with E-state index in [4.69, 9.17) is 4.74 Å². The average Bonchev–Trinajstić information content (AvgIpc) is 2.99. The minimum absolute atomic E-state index is 0.0466.